The van der Waals surface area contributed by atoms with Gasteiger partial charge in [-0.1, -0.05) is 41.9 Å². The molecule has 2 aromatic carbocycles. The fraction of sp³-hybridized carbons (Fsp3) is 0.0952. The molecule has 28 heavy (non-hydrogen) atoms. The number of furan rings is 1. The number of halogens is 1. The van der Waals surface area contributed by atoms with Gasteiger partial charge in [0, 0.05) is 12.0 Å². The molecule has 3 rings (SSSR count). The van der Waals surface area contributed by atoms with Gasteiger partial charge in [0.15, 0.2) is 0 Å². The van der Waals surface area contributed by atoms with Crippen LogP contribution >= 0.6 is 11.6 Å². The normalized spacial score (nSPS) is 10.9. The summed E-state index contributed by atoms with van der Waals surface area (Å²) >= 11 is 5.87. The van der Waals surface area contributed by atoms with Crippen LogP contribution in [0.3, 0.4) is 0 Å². The van der Waals surface area contributed by atoms with Crippen LogP contribution in [0.1, 0.15) is 28.1 Å². The van der Waals surface area contributed by atoms with Crippen LogP contribution in [0.25, 0.3) is 11.3 Å². The molecule has 0 saturated heterocycles. The first-order chi connectivity index (χ1) is 13.5. The first-order valence-corrected chi connectivity index (χ1v) is 8.89. The lowest BCUT2D eigenvalue weighted by molar-refractivity contribution is -0.121. The molecule has 3 aromatic rings. The molecule has 0 atom stereocenters. The molecule has 1 aromatic heterocycles. The lowest BCUT2D eigenvalue weighted by atomic mass is 10.1. The highest BCUT2D eigenvalue weighted by molar-refractivity contribution is 6.33. The molecule has 0 aliphatic carbocycles. The van der Waals surface area contributed by atoms with Gasteiger partial charge < -0.3 is 9.52 Å². The summed E-state index contributed by atoms with van der Waals surface area (Å²) < 4.78 is 5.62. The lowest BCUT2D eigenvalue weighted by Gasteiger charge is -2.02. The summed E-state index contributed by atoms with van der Waals surface area (Å²) in [6.07, 6.45) is 2.35. The number of carboxylic acid groups (broad SMARTS) is 1. The molecule has 0 spiro atoms. The van der Waals surface area contributed by atoms with Crippen molar-refractivity contribution in [2.45, 2.75) is 12.8 Å². The van der Waals surface area contributed by atoms with E-state index in [1.54, 1.807) is 18.2 Å². The molecule has 0 saturated carbocycles. The van der Waals surface area contributed by atoms with Gasteiger partial charge in [-0.3, -0.25) is 4.79 Å². The second kappa shape index (κ2) is 9.01. The van der Waals surface area contributed by atoms with Gasteiger partial charge in [-0.25, -0.2) is 10.2 Å². The molecule has 7 heteroatoms. The number of carbonyl (C=O) groups is 2. The molecule has 6 nitrogen and oxygen atoms in total. The Labute approximate surface area is 166 Å². The largest absolute Gasteiger partial charge is 0.478 e. The first kappa shape index (κ1) is 19.4. The van der Waals surface area contributed by atoms with E-state index in [-0.39, 0.29) is 16.5 Å². The van der Waals surface area contributed by atoms with Gasteiger partial charge in [0.1, 0.15) is 11.5 Å². The predicted molar refractivity (Wildman–Crippen MR) is 107 cm³/mol. The van der Waals surface area contributed by atoms with Crippen molar-refractivity contribution in [2.24, 2.45) is 5.10 Å². The van der Waals surface area contributed by atoms with Crippen LogP contribution in [0, 0.1) is 0 Å². The van der Waals surface area contributed by atoms with Crippen molar-refractivity contribution in [2.75, 3.05) is 0 Å². The van der Waals surface area contributed by atoms with E-state index < -0.39 is 5.97 Å². The van der Waals surface area contributed by atoms with E-state index in [0.29, 0.717) is 29.9 Å². The van der Waals surface area contributed by atoms with E-state index in [1.807, 2.05) is 30.3 Å². The highest BCUT2D eigenvalue weighted by atomic mass is 35.5. The van der Waals surface area contributed by atoms with E-state index in [4.69, 9.17) is 21.1 Å². The third kappa shape index (κ3) is 5.08. The first-order valence-electron chi connectivity index (χ1n) is 8.52. The van der Waals surface area contributed by atoms with Gasteiger partial charge in [0.05, 0.1) is 16.8 Å². The second-order valence-corrected chi connectivity index (χ2v) is 6.39. The number of hydrogen-bond donors (Lipinski definition) is 2. The Balaban J connectivity index is 1.58. The van der Waals surface area contributed by atoms with E-state index in [1.165, 1.54) is 18.3 Å². The number of carbonyl (C=O) groups excluding carboxylic acids is 1. The van der Waals surface area contributed by atoms with Crippen LogP contribution in [-0.2, 0) is 11.2 Å². The summed E-state index contributed by atoms with van der Waals surface area (Å²) in [6, 6.07) is 17.7. The number of aryl methyl sites for hydroxylation is 1. The summed E-state index contributed by atoms with van der Waals surface area (Å²) in [4.78, 5) is 23.0. The highest BCUT2D eigenvalue weighted by Gasteiger charge is 2.12. The van der Waals surface area contributed by atoms with Crippen molar-refractivity contribution in [3.63, 3.8) is 0 Å². The average Bonchev–Trinajstić information content (AvgIpc) is 3.16. The fourth-order valence-electron chi connectivity index (χ4n) is 2.55. The quantitative estimate of drug-likeness (QED) is 0.458. The Morgan fingerprint density at radius 1 is 1.11 bits per heavy atom. The number of hydrogen-bond acceptors (Lipinski definition) is 4. The average molecular weight is 397 g/mol. The van der Waals surface area contributed by atoms with Gasteiger partial charge in [-0.2, -0.15) is 5.10 Å². The van der Waals surface area contributed by atoms with Crippen LogP contribution < -0.4 is 5.43 Å². The zero-order valence-corrected chi connectivity index (χ0v) is 15.5. The summed E-state index contributed by atoms with van der Waals surface area (Å²) in [7, 11) is 0. The van der Waals surface area contributed by atoms with E-state index in [0.717, 1.165) is 5.56 Å². The number of hydrazone groups is 1. The Morgan fingerprint density at radius 2 is 1.89 bits per heavy atom. The Bertz CT molecular complexity index is 1010. The maximum atomic E-state index is 11.8. The zero-order chi connectivity index (χ0) is 19.9. The third-order valence-corrected chi connectivity index (χ3v) is 4.30. The van der Waals surface area contributed by atoms with Gasteiger partial charge in [-0.05, 0) is 42.3 Å². The number of nitrogens with one attached hydrogen (secondary N) is 1. The van der Waals surface area contributed by atoms with Gasteiger partial charge in [0.2, 0.25) is 5.91 Å². The van der Waals surface area contributed by atoms with Crippen molar-refractivity contribution in [1.82, 2.24) is 5.43 Å². The van der Waals surface area contributed by atoms with Gasteiger partial charge in [-0.15, -0.1) is 0 Å². The standard InChI is InChI=1S/C21H17ClN2O4/c22-18-9-7-15(12-17(18)21(26)27)19-10-8-16(28-19)13-23-24-20(25)11-6-14-4-2-1-3-5-14/h1-5,7-10,12-13H,6,11H2,(H,24,25)(H,26,27)/b23-13+. The topological polar surface area (TPSA) is 91.9 Å². The van der Waals surface area contributed by atoms with E-state index >= 15 is 0 Å². The van der Waals surface area contributed by atoms with Crippen LogP contribution in [0.2, 0.25) is 5.02 Å². The van der Waals surface area contributed by atoms with Crippen molar-refractivity contribution in [3.8, 4) is 11.3 Å². The van der Waals surface area contributed by atoms with Crippen LogP contribution in [-0.4, -0.2) is 23.2 Å². The molecule has 0 aliphatic heterocycles. The number of benzene rings is 2. The third-order valence-electron chi connectivity index (χ3n) is 3.97. The Morgan fingerprint density at radius 3 is 2.64 bits per heavy atom. The minimum atomic E-state index is -1.11. The molecular weight excluding hydrogens is 380 g/mol. The predicted octanol–water partition coefficient (Wildman–Crippen LogP) is 4.38. The second-order valence-electron chi connectivity index (χ2n) is 5.98. The molecule has 0 radical (unpaired) electrons. The summed E-state index contributed by atoms with van der Waals surface area (Å²) in [5, 5.41) is 13.2. The summed E-state index contributed by atoms with van der Waals surface area (Å²) in [5.41, 5.74) is 4.12. The van der Waals surface area contributed by atoms with Crippen LogP contribution in [0.5, 0.6) is 0 Å². The minimum Gasteiger partial charge on any atom is -0.478 e. The SMILES string of the molecule is O=C(CCc1ccccc1)N/N=C/c1ccc(-c2ccc(Cl)c(C(=O)O)c2)o1. The Kier molecular flexibility index (Phi) is 6.24. The molecule has 1 heterocycles. The number of amides is 1. The monoisotopic (exact) mass is 396 g/mol. The number of carboxylic acids is 1. The minimum absolute atomic E-state index is 0.00327. The fourth-order valence-corrected chi connectivity index (χ4v) is 2.74. The molecule has 0 unspecified atom stereocenters. The summed E-state index contributed by atoms with van der Waals surface area (Å²) in [6.45, 7) is 0. The number of rotatable bonds is 7. The van der Waals surface area contributed by atoms with Gasteiger partial charge in [0.25, 0.3) is 0 Å². The van der Waals surface area contributed by atoms with E-state index in [9.17, 15) is 9.59 Å². The maximum absolute atomic E-state index is 11.8. The molecule has 0 fully saturated rings. The van der Waals surface area contributed by atoms with Crippen molar-refractivity contribution in [1.29, 1.82) is 0 Å². The number of aromatic carboxylic acids is 1. The molecule has 0 aliphatic rings. The van der Waals surface area contributed by atoms with E-state index in [2.05, 4.69) is 10.5 Å². The number of nitrogens with zero attached hydrogens (tertiary/aromatic N) is 1. The summed E-state index contributed by atoms with van der Waals surface area (Å²) in [5.74, 6) is -0.421. The smallest absolute Gasteiger partial charge is 0.337 e. The molecular formula is C21H17ClN2O4. The lowest BCUT2D eigenvalue weighted by Crippen LogP contribution is -2.17. The molecule has 142 valence electrons. The van der Waals surface area contributed by atoms with Crippen LogP contribution in [0.4, 0.5) is 0 Å². The molecule has 0 bridgehead atoms. The van der Waals surface area contributed by atoms with Crippen LogP contribution in [0.15, 0.2) is 70.2 Å². The Hall–Kier alpha value is -3.38. The van der Waals surface area contributed by atoms with Crippen molar-refractivity contribution >= 4 is 29.7 Å². The van der Waals surface area contributed by atoms with Crippen molar-refractivity contribution in [3.05, 3.63) is 82.6 Å². The highest BCUT2D eigenvalue weighted by Crippen LogP contribution is 2.26. The molecule has 1 amide bonds. The zero-order valence-electron chi connectivity index (χ0n) is 14.8. The molecule has 2 N–H and O–H groups in total. The maximum Gasteiger partial charge on any atom is 0.337 e. The van der Waals surface area contributed by atoms with Crippen molar-refractivity contribution < 1.29 is 19.1 Å². The van der Waals surface area contributed by atoms with Gasteiger partial charge >= 0.3 is 5.97 Å².